The van der Waals surface area contributed by atoms with Gasteiger partial charge in [-0.25, -0.2) is 0 Å². The predicted octanol–water partition coefficient (Wildman–Crippen LogP) is 2.78. The molecule has 1 unspecified atom stereocenters. The van der Waals surface area contributed by atoms with E-state index in [1.807, 2.05) is 13.8 Å². The Hall–Kier alpha value is -3.39. The van der Waals surface area contributed by atoms with Crippen molar-refractivity contribution >= 4 is 29.1 Å². The summed E-state index contributed by atoms with van der Waals surface area (Å²) in [6.07, 6.45) is 2.05. The molecule has 170 valence electrons. The molecule has 4 N–H and O–H groups in total. The average molecular weight is 439 g/mol. The number of amides is 3. The Morgan fingerprint density at radius 1 is 1.00 bits per heavy atom. The van der Waals surface area contributed by atoms with Crippen LogP contribution in [0.3, 0.4) is 0 Å². The van der Waals surface area contributed by atoms with Gasteiger partial charge in [-0.05, 0) is 69.2 Å². The van der Waals surface area contributed by atoms with E-state index in [4.69, 9.17) is 4.74 Å². The summed E-state index contributed by atoms with van der Waals surface area (Å²) < 4.78 is 5.51. The molecule has 1 aliphatic heterocycles. The number of carbonyl (C=O) groups excluding carboxylic acids is 3. The standard InChI is InChI=1S/C24H30N4O4/c1-16(2)27-24(31)17-8-10-19(11-9-17)25-15-22(29)28-20-6-3-5-18(13-20)23(30)26-14-21-7-4-12-32-21/h3,5-6,8-11,13,16,21,25H,4,7,12,14-15H2,1-2H3,(H,26,30)(H,27,31)(H,28,29). The van der Waals surface area contributed by atoms with Crippen molar-refractivity contribution < 1.29 is 19.1 Å². The number of ether oxygens (including phenoxy) is 1. The van der Waals surface area contributed by atoms with E-state index in [1.54, 1.807) is 48.5 Å². The van der Waals surface area contributed by atoms with Gasteiger partial charge in [-0.15, -0.1) is 0 Å². The normalized spacial score (nSPS) is 15.3. The third-order valence-corrected chi connectivity index (χ3v) is 4.94. The maximum atomic E-state index is 12.4. The Bertz CT molecular complexity index is 937. The highest BCUT2D eigenvalue weighted by molar-refractivity contribution is 5.98. The Morgan fingerprint density at radius 3 is 2.47 bits per heavy atom. The highest BCUT2D eigenvalue weighted by atomic mass is 16.5. The van der Waals surface area contributed by atoms with E-state index in [-0.39, 0.29) is 36.4 Å². The lowest BCUT2D eigenvalue weighted by Gasteiger charge is -2.12. The zero-order valence-corrected chi connectivity index (χ0v) is 18.4. The SMILES string of the molecule is CC(C)NC(=O)c1ccc(NCC(=O)Nc2cccc(C(=O)NCC3CCCO3)c2)cc1. The number of benzene rings is 2. The van der Waals surface area contributed by atoms with Crippen molar-refractivity contribution in [3.05, 3.63) is 59.7 Å². The summed E-state index contributed by atoms with van der Waals surface area (Å²) >= 11 is 0. The highest BCUT2D eigenvalue weighted by Gasteiger charge is 2.17. The van der Waals surface area contributed by atoms with Crippen molar-refractivity contribution in [2.24, 2.45) is 0 Å². The fraction of sp³-hybridized carbons (Fsp3) is 0.375. The largest absolute Gasteiger partial charge is 0.376 e. The van der Waals surface area contributed by atoms with Gasteiger partial charge in [0.15, 0.2) is 0 Å². The van der Waals surface area contributed by atoms with Crippen LogP contribution in [0.1, 0.15) is 47.4 Å². The first-order valence-electron chi connectivity index (χ1n) is 10.9. The first kappa shape index (κ1) is 23.3. The fourth-order valence-electron chi connectivity index (χ4n) is 3.32. The molecule has 0 bridgehead atoms. The summed E-state index contributed by atoms with van der Waals surface area (Å²) in [4.78, 5) is 36.7. The molecule has 8 heteroatoms. The van der Waals surface area contributed by atoms with Gasteiger partial charge in [-0.2, -0.15) is 0 Å². The first-order chi connectivity index (χ1) is 15.4. The Balaban J connectivity index is 1.47. The van der Waals surface area contributed by atoms with Crippen LogP contribution in [-0.4, -0.2) is 49.6 Å². The van der Waals surface area contributed by atoms with Crippen LogP contribution in [0.4, 0.5) is 11.4 Å². The quantitative estimate of drug-likeness (QED) is 0.481. The third kappa shape index (κ3) is 7.09. The van der Waals surface area contributed by atoms with E-state index >= 15 is 0 Å². The van der Waals surface area contributed by atoms with E-state index in [1.165, 1.54) is 0 Å². The van der Waals surface area contributed by atoms with Crippen LogP contribution in [0.15, 0.2) is 48.5 Å². The Morgan fingerprint density at radius 2 is 1.78 bits per heavy atom. The molecular weight excluding hydrogens is 408 g/mol. The number of hydrogen-bond acceptors (Lipinski definition) is 5. The minimum atomic E-state index is -0.247. The molecule has 0 aromatic heterocycles. The third-order valence-electron chi connectivity index (χ3n) is 4.94. The number of carbonyl (C=O) groups is 3. The van der Waals surface area contributed by atoms with Crippen LogP contribution in [0.25, 0.3) is 0 Å². The topological polar surface area (TPSA) is 109 Å². The minimum Gasteiger partial charge on any atom is -0.376 e. The van der Waals surface area contributed by atoms with Crippen molar-refractivity contribution in [1.82, 2.24) is 10.6 Å². The molecule has 2 aromatic carbocycles. The van der Waals surface area contributed by atoms with Gasteiger partial charge in [-0.3, -0.25) is 14.4 Å². The van der Waals surface area contributed by atoms with Gasteiger partial charge in [0.2, 0.25) is 5.91 Å². The predicted molar refractivity (Wildman–Crippen MR) is 124 cm³/mol. The van der Waals surface area contributed by atoms with Crippen molar-refractivity contribution in [3.8, 4) is 0 Å². The average Bonchev–Trinajstić information content (AvgIpc) is 3.30. The second-order valence-electron chi connectivity index (χ2n) is 8.03. The van der Waals surface area contributed by atoms with E-state index in [9.17, 15) is 14.4 Å². The molecule has 1 fully saturated rings. The summed E-state index contributed by atoms with van der Waals surface area (Å²) in [6, 6.07) is 13.8. The molecule has 1 aliphatic rings. The molecule has 3 amide bonds. The second-order valence-corrected chi connectivity index (χ2v) is 8.03. The zero-order valence-electron chi connectivity index (χ0n) is 18.4. The highest BCUT2D eigenvalue weighted by Crippen LogP contribution is 2.14. The molecular formula is C24H30N4O4. The van der Waals surface area contributed by atoms with Crippen LogP contribution < -0.4 is 21.3 Å². The van der Waals surface area contributed by atoms with Crippen molar-refractivity contribution in [1.29, 1.82) is 0 Å². The van der Waals surface area contributed by atoms with E-state index in [0.717, 1.165) is 25.1 Å². The van der Waals surface area contributed by atoms with Crippen LogP contribution >= 0.6 is 0 Å². The number of hydrogen-bond donors (Lipinski definition) is 4. The second kappa shape index (κ2) is 11.3. The lowest BCUT2D eigenvalue weighted by molar-refractivity contribution is -0.114. The summed E-state index contributed by atoms with van der Waals surface area (Å²) in [5, 5.41) is 11.5. The van der Waals surface area contributed by atoms with Crippen molar-refractivity contribution in [2.45, 2.75) is 38.8 Å². The van der Waals surface area contributed by atoms with Crippen LogP contribution in [-0.2, 0) is 9.53 Å². The Kier molecular flexibility index (Phi) is 8.21. The first-order valence-corrected chi connectivity index (χ1v) is 10.9. The number of rotatable bonds is 9. The lowest BCUT2D eigenvalue weighted by atomic mass is 10.1. The van der Waals surface area contributed by atoms with E-state index in [2.05, 4.69) is 21.3 Å². The smallest absolute Gasteiger partial charge is 0.251 e. The van der Waals surface area contributed by atoms with Crippen LogP contribution in [0.2, 0.25) is 0 Å². The zero-order chi connectivity index (χ0) is 22.9. The number of nitrogens with one attached hydrogen (secondary N) is 4. The molecule has 1 saturated heterocycles. The molecule has 0 spiro atoms. The van der Waals surface area contributed by atoms with Crippen molar-refractivity contribution in [3.63, 3.8) is 0 Å². The maximum absolute atomic E-state index is 12.4. The van der Waals surface area contributed by atoms with Gasteiger partial charge in [-0.1, -0.05) is 6.07 Å². The molecule has 1 heterocycles. The van der Waals surface area contributed by atoms with Gasteiger partial charge in [0.25, 0.3) is 11.8 Å². The van der Waals surface area contributed by atoms with Gasteiger partial charge < -0.3 is 26.0 Å². The van der Waals surface area contributed by atoms with Gasteiger partial charge in [0.1, 0.15) is 0 Å². The maximum Gasteiger partial charge on any atom is 0.251 e. The summed E-state index contributed by atoms with van der Waals surface area (Å²) in [7, 11) is 0. The lowest BCUT2D eigenvalue weighted by Crippen LogP contribution is -2.31. The molecule has 0 saturated carbocycles. The van der Waals surface area contributed by atoms with Crippen LogP contribution in [0.5, 0.6) is 0 Å². The molecule has 0 aliphatic carbocycles. The molecule has 32 heavy (non-hydrogen) atoms. The van der Waals surface area contributed by atoms with E-state index < -0.39 is 0 Å². The molecule has 8 nitrogen and oxygen atoms in total. The van der Waals surface area contributed by atoms with Gasteiger partial charge >= 0.3 is 0 Å². The summed E-state index contributed by atoms with van der Waals surface area (Å²) in [5.41, 5.74) is 2.30. The monoisotopic (exact) mass is 438 g/mol. The van der Waals surface area contributed by atoms with Crippen LogP contribution in [0, 0.1) is 0 Å². The number of anilines is 2. The summed E-state index contributed by atoms with van der Waals surface area (Å²) in [6.45, 7) is 5.08. The minimum absolute atomic E-state index is 0.0486. The molecule has 3 rings (SSSR count). The van der Waals surface area contributed by atoms with Gasteiger partial charge in [0, 0.05) is 41.7 Å². The molecule has 0 radical (unpaired) electrons. The van der Waals surface area contributed by atoms with Gasteiger partial charge in [0.05, 0.1) is 12.6 Å². The molecule has 2 aromatic rings. The molecule has 1 atom stereocenters. The van der Waals surface area contributed by atoms with E-state index in [0.29, 0.717) is 23.4 Å². The summed E-state index contributed by atoms with van der Waals surface area (Å²) in [5.74, 6) is -0.580. The Labute approximate surface area is 188 Å². The fourth-order valence-corrected chi connectivity index (χ4v) is 3.32. The van der Waals surface area contributed by atoms with Crippen molar-refractivity contribution in [2.75, 3.05) is 30.3 Å².